The maximum atomic E-state index is 3.44. The van der Waals surface area contributed by atoms with Gasteiger partial charge in [0.25, 0.3) is 0 Å². The van der Waals surface area contributed by atoms with Gasteiger partial charge in [0, 0.05) is 0 Å². The van der Waals surface area contributed by atoms with E-state index in [0.29, 0.717) is 0 Å². The normalized spacial score (nSPS) is 29.4. The van der Waals surface area contributed by atoms with Gasteiger partial charge in [-0.15, -0.1) is 0 Å². The van der Waals surface area contributed by atoms with E-state index in [9.17, 15) is 0 Å². The molecule has 2 saturated carbocycles. The molecule has 1 N–H and O–H groups in total. The van der Waals surface area contributed by atoms with Crippen LogP contribution in [0.1, 0.15) is 43.6 Å². The molecule has 98 valence electrons. The molecule has 3 rings (SSSR count). The molecule has 0 spiro atoms. The molecule has 2 aliphatic rings. The predicted octanol–water partition coefficient (Wildman–Crippen LogP) is 3.82. The standard InChI is InChI=1S/C17H25N/c1-18-12-17(14-9-5-6-10-14)16-11-15(16)13-7-3-2-4-8-13/h2-4,7-8,14-18H,5-6,9-12H2,1H3. The van der Waals surface area contributed by atoms with E-state index in [4.69, 9.17) is 0 Å². The fourth-order valence-electron chi connectivity index (χ4n) is 4.06. The SMILES string of the molecule is CNCC(C1CCCC1)C1CC1c1ccccc1. The molecular weight excluding hydrogens is 218 g/mol. The lowest BCUT2D eigenvalue weighted by Crippen LogP contribution is -2.26. The van der Waals surface area contributed by atoms with E-state index in [1.807, 2.05) is 0 Å². The average molecular weight is 243 g/mol. The van der Waals surface area contributed by atoms with Crippen molar-refractivity contribution < 1.29 is 0 Å². The van der Waals surface area contributed by atoms with E-state index in [2.05, 4.69) is 42.7 Å². The fraction of sp³-hybridized carbons (Fsp3) is 0.647. The van der Waals surface area contributed by atoms with Gasteiger partial charge in [-0.2, -0.15) is 0 Å². The van der Waals surface area contributed by atoms with Crippen molar-refractivity contribution in [2.24, 2.45) is 17.8 Å². The Labute approximate surface area is 111 Å². The molecule has 1 aromatic rings. The van der Waals surface area contributed by atoms with Crippen LogP contribution in [-0.2, 0) is 0 Å². The van der Waals surface area contributed by atoms with Crippen LogP contribution in [0.2, 0.25) is 0 Å². The number of nitrogens with one attached hydrogen (secondary N) is 1. The van der Waals surface area contributed by atoms with E-state index in [0.717, 1.165) is 23.7 Å². The number of rotatable bonds is 5. The van der Waals surface area contributed by atoms with Crippen LogP contribution < -0.4 is 5.32 Å². The monoisotopic (exact) mass is 243 g/mol. The van der Waals surface area contributed by atoms with Crippen molar-refractivity contribution in [3.8, 4) is 0 Å². The molecule has 0 heterocycles. The first-order valence-electron chi connectivity index (χ1n) is 7.59. The first-order valence-corrected chi connectivity index (χ1v) is 7.59. The molecule has 0 amide bonds. The summed E-state index contributed by atoms with van der Waals surface area (Å²) < 4.78 is 0. The summed E-state index contributed by atoms with van der Waals surface area (Å²) in [6.45, 7) is 1.22. The maximum absolute atomic E-state index is 3.44. The molecule has 0 radical (unpaired) electrons. The van der Waals surface area contributed by atoms with Gasteiger partial charge in [0.2, 0.25) is 0 Å². The zero-order valence-electron chi connectivity index (χ0n) is 11.4. The fourth-order valence-corrected chi connectivity index (χ4v) is 4.06. The number of benzene rings is 1. The van der Waals surface area contributed by atoms with Crippen LogP contribution in [0.4, 0.5) is 0 Å². The van der Waals surface area contributed by atoms with Crippen LogP contribution in [0.15, 0.2) is 30.3 Å². The maximum Gasteiger partial charge on any atom is -0.00180 e. The van der Waals surface area contributed by atoms with Crippen molar-refractivity contribution in [2.45, 2.75) is 38.0 Å². The molecule has 1 aromatic carbocycles. The Morgan fingerprint density at radius 1 is 1.17 bits per heavy atom. The summed E-state index contributed by atoms with van der Waals surface area (Å²) in [4.78, 5) is 0. The number of hydrogen-bond donors (Lipinski definition) is 1. The average Bonchev–Trinajstić information content (AvgIpc) is 3.02. The summed E-state index contributed by atoms with van der Waals surface area (Å²) >= 11 is 0. The van der Waals surface area contributed by atoms with Gasteiger partial charge >= 0.3 is 0 Å². The molecule has 2 aliphatic carbocycles. The third-order valence-corrected chi connectivity index (χ3v) is 5.06. The van der Waals surface area contributed by atoms with Crippen molar-refractivity contribution in [3.05, 3.63) is 35.9 Å². The topological polar surface area (TPSA) is 12.0 Å². The highest BCUT2D eigenvalue weighted by atomic mass is 14.8. The van der Waals surface area contributed by atoms with E-state index in [-0.39, 0.29) is 0 Å². The van der Waals surface area contributed by atoms with Gasteiger partial charge in [0.15, 0.2) is 0 Å². The van der Waals surface area contributed by atoms with Gasteiger partial charge in [-0.3, -0.25) is 0 Å². The van der Waals surface area contributed by atoms with Gasteiger partial charge in [-0.05, 0) is 49.2 Å². The van der Waals surface area contributed by atoms with E-state index in [1.54, 1.807) is 5.56 Å². The molecule has 0 saturated heterocycles. The van der Waals surface area contributed by atoms with Gasteiger partial charge in [-0.25, -0.2) is 0 Å². The molecule has 0 aliphatic heterocycles. The molecule has 1 heteroatoms. The highest BCUT2D eigenvalue weighted by molar-refractivity contribution is 5.26. The second-order valence-corrected chi connectivity index (χ2v) is 6.18. The molecular formula is C17H25N. The van der Waals surface area contributed by atoms with Crippen LogP contribution in [-0.4, -0.2) is 13.6 Å². The summed E-state index contributed by atoms with van der Waals surface area (Å²) in [5, 5.41) is 3.44. The third-order valence-electron chi connectivity index (χ3n) is 5.06. The Morgan fingerprint density at radius 3 is 2.56 bits per heavy atom. The van der Waals surface area contributed by atoms with Crippen LogP contribution in [0, 0.1) is 17.8 Å². The van der Waals surface area contributed by atoms with E-state index in [1.165, 1.54) is 38.6 Å². The van der Waals surface area contributed by atoms with Crippen LogP contribution in [0.3, 0.4) is 0 Å². The minimum atomic E-state index is 0.852. The lowest BCUT2D eigenvalue weighted by molar-refractivity contribution is 0.290. The highest BCUT2D eigenvalue weighted by Crippen LogP contribution is 2.55. The molecule has 3 atom stereocenters. The van der Waals surface area contributed by atoms with E-state index < -0.39 is 0 Å². The summed E-state index contributed by atoms with van der Waals surface area (Å²) in [7, 11) is 2.11. The quantitative estimate of drug-likeness (QED) is 0.829. The molecule has 2 fully saturated rings. The smallest absolute Gasteiger partial charge is 0.00180 e. The van der Waals surface area contributed by atoms with Crippen molar-refractivity contribution in [1.29, 1.82) is 0 Å². The Kier molecular flexibility index (Phi) is 3.69. The van der Waals surface area contributed by atoms with Crippen LogP contribution in [0.25, 0.3) is 0 Å². The zero-order chi connectivity index (χ0) is 12.4. The number of hydrogen-bond acceptors (Lipinski definition) is 1. The van der Waals surface area contributed by atoms with Crippen LogP contribution >= 0.6 is 0 Å². The van der Waals surface area contributed by atoms with Gasteiger partial charge in [0.1, 0.15) is 0 Å². The first kappa shape index (κ1) is 12.2. The highest BCUT2D eigenvalue weighted by Gasteiger charge is 2.46. The van der Waals surface area contributed by atoms with Crippen molar-refractivity contribution in [1.82, 2.24) is 5.32 Å². The summed E-state index contributed by atoms with van der Waals surface area (Å²) in [5.41, 5.74) is 1.57. The lowest BCUT2D eigenvalue weighted by Gasteiger charge is -2.23. The van der Waals surface area contributed by atoms with Crippen molar-refractivity contribution >= 4 is 0 Å². The predicted molar refractivity (Wildman–Crippen MR) is 76.7 cm³/mol. The Balaban J connectivity index is 1.66. The summed E-state index contributed by atoms with van der Waals surface area (Å²) in [6.07, 6.45) is 7.31. The van der Waals surface area contributed by atoms with Crippen LogP contribution in [0.5, 0.6) is 0 Å². The second kappa shape index (κ2) is 5.44. The first-order chi connectivity index (χ1) is 8.90. The molecule has 0 bridgehead atoms. The van der Waals surface area contributed by atoms with Gasteiger partial charge in [-0.1, -0.05) is 56.0 Å². The Morgan fingerprint density at radius 2 is 1.89 bits per heavy atom. The minimum absolute atomic E-state index is 0.852. The lowest BCUT2D eigenvalue weighted by atomic mass is 9.85. The van der Waals surface area contributed by atoms with Gasteiger partial charge < -0.3 is 5.32 Å². The largest absolute Gasteiger partial charge is 0.319 e. The molecule has 18 heavy (non-hydrogen) atoms. The Hall–Kier alpha value is -0.820. The third kappa shape index (κ3) is 2.47. The minimum Gasteiger partial charge on any atom is -0.319 e. The van der Waals surface area contributed by atoms with Gasteiger partial charge in [0.05, 0.1) is 0 Å². The molecule has 3 unspecified atom stereocenters. The van der Waals surface area contributed by atoms with Crippen molar-refractivity contribution in [3.63, 3.8) is 0 Å². The summed E-state index contributed by atoms with van der Waals surface area (Å²) in [6, 6.07) is 11.1. The van der Waals surface area contributed by atoms with E-state index >= 15 is 0 Å². The van der Waals surface area contributed by atoms with Crippen molar-refractivity contribution in [2.75, 3.05) is 13.6 Å². The second-order valence-electron chi connectivity index (χ2n) is 6.18. The Bertz CT molecular complexity index is 366. The molecule has 0 aromatic heterocycles. The zero-order valence-corrected chi connectivity index (χ0v) is 11.4. The summed E-state index contributed by atoms with van der Waals surface area (Å²) in [5.74, 6) is 3.71. The molecule has 1 nitrogen and oxygen atoms in total.